The minimum atomic E-state index is -3.41. The van der Waals surface area contributed by atoms with Crippen molar-refractivity contribution in [2.75, 3.05) is 29.2 Å². The van der Waals surface area contributed by atoms with Crippen LogP contribution in [0.1, 0.15) is 12.8 Å². The zero-order valence-corrected chi connectivity index (χ0v) is 15.2. The van der Waals surface area contributed by atoms with Crippen LogP contribution in [0.2, 0.25) is 0 Å². The third-order valence-electron chi connectivity index (χ3n) is 3.87. The highest BCUT2D eigenvalue weighted by Gasteiger charge is 2.18. The number of ether oxygens (including phenoxy) is 2. The van der Waals surface area contributed by atoms with Crippen LogP contribution in [0.4, 0.5) is 11.4 Å². The Balaban J connectivity index is 1.55. The molecular weight excluding hydrogens is 356 g/mol. The van der Waals surface area contributed by atoms with Gasteiger partial charge in [-0.2, -0.15) is 0 Å². The highest BCUT2D eigenvalue weighted by atomic mass is 32.2. The van der Waals surface area contributed by atoms with E-state index in [9.17, 15) is 13.2 Å². The summed E-state index contributed by atoms with van der Waals surface area (Å²) in [7, 11) is -3.41. The van der Waals surface area contributed by atoms with Crippen LogP contribution < -0.4 is 19.1 Å². The Morgan fingerprint density at radius 1 is 1.12 bits per heavy atom. The van der Waals surface area contributed by atoms with Gasteiger partial charge in [0.25, 0.3) is 0 Å². The predicted octanol–water partition coefficient (Wildman–Crippen LogP) is 2.60. The fourth-order valence-electron chi connectivity index (χ4n) is 2.66. The Morgan fingerprint density at radius 3 is 2.58 bits per heavy atom. The number of sulfonamides is 1. The van der Waals surface area contributed by atoms with E-state index in [1.807, 2.05) is 6.07 Å². The molecule has 1 aliphatic heterocycles. The third-order valence-corrected chi connectivity index (χ3v) is 5.06. The summed E-state index contributed by atoms with van der Waals surface area (Å²) in [5, 5.41) is 2.78. The standard InChI is InChI=1S/C18H20N2O5S/c1-26(22,23)20(15-6-3-2-4-7-15)11-5-8-18(21)19-14-9-10-16-17(12-14)25-13-24-16/h2-4,6-7,9-10,12H,5,8,11,13H2,1H3,(H,19,21). The molecule has 0 spiro atoms. The smallest absolute Gasteiger partial charge is 0.232 e. The minimum absolute atomic E-state index is 0.174. The summed E-state index contributed by atoms with van der Waals surface area (Å²) < 4.78 is 35.8. The molecule has 1 N–H and O–H groups in total. The number of nitrogens with one attached hydrogen (secondary N) is 1. The summed E-state index contributed by atoms with van der Waals surface area (Å²) in [6, 6.07) is 14.0. The summed E-state index contributed by atoms with van der Waals surface area (Å²) in [4.78, 5) is 12.1. The molecule has 8 heteroatoms. The Labute approximate surface area is 152 Å². The Morgan fingerprint density at radius 2 is 1.85 bits per heavy atom. The number of carbonyl (C=O) groups is 1. The summed E-state index contributed by atoms with van der Waals surface area (Å²) >= 11 is 0. The number of hydrogen-bond acceptors (Lipinski definition) is 5. The molecule has 2 aromatic carbocycles. The third kappa shape index (κ3) is 4.45. The second kappa shape index (κ2) is 7.65. The van der Waals surface area contributed by atoms with Gasteiger partial charge < -0.3 is 14.8 Å². The molecule has 1 heterocycles. The summed E-state index contributed by atoms with van der Waals surface area (Å²) in [5.74, 6) is 1.05. The molecule has 26 heavy (non-hydrogen) atoms. The van der Waals surface area contributed by atoms with E-state index in [1.54, 1.807) is 42.5 Å². The fourth-order valence-corrected chi connectivity index (χ4v) is 3.63. The molecular formula is C18H20N2O5S. The number of nitrogens with zero attached hydrogens (tertiary/aromatic N) is 1. The average molecular weight is 376 g/mol. The number of para-hydroxylation sites is 1. The van der Waals surface area contributed by atoms with E-state index >= 15 is 0 Å². The van der Waals surface area contributed by atoms with E-state index in [2.05, 4.69) is 5.32 Å². The maximum Gasteiger partial charge on any atom is 0.232 e. The normalized spacial score (nSPS) is 12.7. The van der Waals surface area contributed by atoms with Crippen molar-refractivity contribution < 1.29 is 22.7 Å². The minimum Gasteiger partial charge on any atom is -0.454 e. The van der Waals surface area contributed by atoms with Gasteiger partial charge in [0.15, 0.2) is 11.5 Å². The van der Waals surface area contributed by atoms with Gasteiger partial charge in [-0.25, -0.2) is 8.42 Å². The van der Waals surface area contributed by atoms with Gasteiger partial charge in [-0.05, 0) is 30.7 Å². The van der Waals surface area contributed by atoms with Crippen LogP contribution in [0.3, 0.4) is 0 Å². The van der Waals surface area contributed by atoms with E-state index in [0.717, 1.165) is 6.26 Å². The zero-order chi connectivity index (χ0) is 18.6. The predicted molar refractivity (Wildman–Crippen MR) is 99.1 cm³/mol. The number of rotatable bonds is 7. The lowest BCUT2D eigenvalue weighted by Crippen LogP contribution is -2.31. The molecule has 0 bridgehead atoms. The summed E-state index contributed by atoms with van der Waals surface area (Å²) in [6.07, 6.45) is 1.76. The van der Waals surface area contributed by atoms with Gasteiger partial charge >= 0.3 is 0 Å². The first kappa shape index (κ1) is 18.1. The molecule has 0 saturated heterocycles. The SMILES string of the molecule is CS(=O)(=O)N(CCCC(=O)Nc1ccc2c(c1)OCO2)c1ccccc1. The maximum absolute atomic E-state index is 12.1. The lowest BCUT2D eigenvalue weighted by atomic mass is 10.2. The van der Waals surface area contributed by atoms with Crippen LogP contribution in [-0.2, 0) is 14.8 Å². The molecule has 2 aromatic rings. The highest BCUT2D eigenvalue weighted by molar-refractivity contribution is 7.92. The van der Waals surface area contributed by atoms with Crippen LogP contribution in [0.15, 0.2) is 48.5 Å². The number of benzene rings is 2. The van der Waals surface area contributed by atoms with Crippen molar-refractivity contribution in [3.8, 4) is 11.5 Å². The number of fused-ring (bicyclic) bond motifs is 1. The van der Waals surface area contributed by atoms with Crippen molar-refractivity contribution in [1.82, 2.24) is 0 Å². The largest absolute Gasteiger partial charge is 0.454 e. The van der Waals surface area contributed by atoms with Gasteiger partial charge in [-0.15, -0.1) is 0 Å². The average Bonchev–Trinajstić information content (AvgIpc) is 3.06. The second-order valence-corrected chi connectivity index (χ2v) is 7.80. The van der Waals surface area contributed by atoms with Crippen molar-refractivity contribution in [3.05, 3.63) is 48.5 Å². The lowest BCUT2D eigenvalue weighted by Gasteiger charge is -2.22. The van der Waals surface area contributed by atoms with Gasteiger partial charge in [0.05, 0.1) is 11.9 Å². The molecule has 0 aromatic heterocycles. The van der Waals surface area contributed by atoms with Crippen molar-refractivity contribution >= 4 is 27.3 Å². The first-order valence-electron chi connectivity index (χ1n) is 8.16. The maximum atomic E-state index is 12.1. The Hall–Kier alpha value is -2.74. The topological polar surface area (TPSA) is 84.9 Å². The molecule has 0 aliphatic carbocycles. The van der Waals surface area contributed by atoms with Gasteiger partial charge in [0.2, 0.25) is 22.7 Å². The van der Waals surface area contributed by atoms with Crippen molar-refractivity contribution in [1.29, 1.82) is 0 Å². The Kier molecular flexibility index (Phi) is 5.32. The van der Waals surface area contributed by atoms with E-state index in [0.29, 0.717) is 29.3 Å². The van der Waals surface area contributed by atoms with Gasteiger partial charge in [0.1, 0.15) is 0 Å². The van der Waals surface area contributed by atoms with E-state index in [4.69, 9.17) is 9.47 Å². The number of hydrogen-bond donors (Lipinski definition) is 1. The first-order valence-corrected chi connectivity index (χ1v) is 10.0. The molecule has 1 aliphatic rings. The Bertz CT molecular complexity index is 884. The van der Waals surface area contributed by atoms with E-state index in [-0.39, 0.29) is 25.7 Å². The number of carbonyl (C=O) groups excluding carboxylic acids is 1. The fraction of sp³-hybridized carbons (Fsp3) is 0.278. The number of amides is 1. The molecule has 138 valence electrons. The molecule has 0 fully saturated rings. The molecule has 7 nitrogen and oxygen atoms in total. The zero-order valence-electron chi connectivity index (χ0n) is 14.3. The second-order valence-electron chi connectivity index (χ2n) is 5.89. The highest BCUT2D eigenvalue weighted by Crippen LogP contribution is 2.34. The molecule has 3 rings (SSSR count). The van der Waals surface area contributed by atoms with Gasteiger partial charge in [-0.1, -0.05) is 18.2 Å². The monoisotopic (exact) mass is 376 g/mol. The van der Waals surface area contributed by atoms with E-state index < -0.39 is 10.0 Å². The number of anilines is 2. The molecule has 0 radical (unpaired) electrons. The van der Waals surface area contributed by atoms with Gasteiger partial charge in [0, 0.05) is 24.7 Å². The van der Waals surface area contributed by atoms with Crippen molar-refractivity contribution in [2.24, 2.45) is 0 Å². The summed E-state index contributed by atoms with van der Waals surface area (Å²) in [5.41, 5.74) is 1.20. The molecule has 1 amide bonds. The summed E-state index contributed by atoms with van der Waals surface area (Å²) in [6.45, 7) is 0.408. The lowest BCUT2D eigenvalue weighted by molar-refractivity contribution is -0.116. The molecule has 0 atom stereocenters. The first-order chi connectivity index (χ1) is 12.4. The quantitative estimate of drug-likeness (QED) is 0.803. The van der Waals surface area contributed by atoms with Crippen LogP contribution in [0.25, 0.3) is 0 Å². The van der Waals surface area contributed by atoms with Crippen LogP contribution in [0.5, 0.6) is 11.5 Å². The van der Waals surface area contributed by atoms with Crippen molar-refractivity contribution in [2.45, 2.75) is 12.8 Å². The molecule has 0 unspecified atom stereocenters. The van der Waals surface area contributed by atoms with Gasteiger partial charge in [-0.3, -0.25) is 9.10 Å². The van der Waals surface area contributed by atoms with Crippen LogP contribution in [0, 0.1) is 0 Å². The van der Waals surface area contributed by atoms with Crippen LogP contribution in [-0.4, -0.2) is 33.9 Å². The van der Waals surface area contributed by atoms with E-state index in [1.165, 1.54) is 4.31 Å². The van der Waals surface area contributed by atoms with Crippen LogP contribution >= 0.6 is 0 Å². The molecule has 0 saturated carbocycles. The van der Waals surface area contributed by atoms with Crippen molar-refractivity contribution in [3.63, 3.8) is 0 Å².